The average Bonchev–Trinajstić information content (AvgIpc) is 2.46. The first-order valence-corrected chi connectivity index (χ1v) is 9.14. The van der Waals surface area contributed by atoms with E-state index in [1.54, 1.807) is 17.0 Å². The molecule has 0 aliphatic carbocycles. The molecule has 1 aromatic rings. The van der Waals surface area contributed by atoms with Crippen molar-refractivity contribution in [1.29, 1.82) is 0 Å². The lowest BCUT2D eigenvalue weighted by molar-refractivity contribution is -0.135. The minimum Gasteiger partial charge on any atom is -0.336 e. The van der Waals surface area contributed by atoms with Gasteiger partial charge in [-0.1, -0.05) is 12.1 Å². The Kier molecular flexibility index (Phi) is 5.52. The van der Waals surface area contributed by atoms with Gasteiger partial charge in [-0.05, 0) is 43.4 Å². The fourth-order valence-electron chi connectivity index (χ4n) is 2.83. The zero-order chi connectivity index (χ0) is 16.2. The summed E-state index contributed by atoms with van der Waals surface area (Å²) in [7, 11) is -3.53. The zero-order valence-electron chi connectivity index (χ0n) is 12.4. The summed E-state index contributed by atoms with van der Waals surface area (Å²) in [6.07, 6.45) is 3.17. The summed E-state index contributed by atoms with van der Waals surface area (Å²) >= 11 is 0. The lowest BCUT2D eigenvalue weighted by atomic mass is 9.95. The lowest BCUT2D eigenvalue weighted by Gasteiger charge is -2.36. The Labute approximate surface area is 130 Å². The van der Waals surface area contributed by atoms with Crippen LogP contribution in [0.15, 0.2) is 24.3 Å². The third-order valence-corrected chi connectivity index (χ3v) is 4.76. The van der Waals surface area contributed by atoms with Crippen LogP contribution in [0.4, 0.5) is 4.39 Å². The molecule has 122 valence electrons. The molecule has 1 aliphatic heterocycles. The number of nitrogens with two attached hydrogens (primary N) is 1. The third-order valence-electron chi connectivity index (χ3n) is 3.90. The molecule has 22 heavy (non-hydrogen) atoms. The quantitative estimate of drug-likeness (QED) is 0.897. The number of likely N-dealkylation sites (tertiary alicyclic amines) is 1. The van der Waals surface area contributed by atoms with Gasteiger partial charge in [0, 0.05) is 13.0 Å². The summed E-state index contributed by atoms with van der Waals surface area (Å²) in [6.45, 7) is 0.649. The van der Waals surface area contributed by atoms with E-state index in [1.165, 1.54) is 12.1 Å². The van der Waals surface area contributed by atoms with E-state index in [-0.39, 0.29) is 36.4 Å². The minimum absolute atomic E-state index is 0.0590. The van der Waals surface area contributed by atoms with Crippen molar-refractivity contribution in [3.63, 3.8) is 0 Å². The normalized spacial score (nSPS) is 19.2. The van der Waals surface area contributed by atoms with Crippen molar-refractivity contribution < 1.29 is 17.6 Å². The number of nitrogens with zero attached hydrogens (tertiary/aromatic N) is 1. The van der Waals surface area contributed by atoms with Crippen molar-refractivity contribution >= 4 is 15.9 Å². The van der Waals surface area contributed by atoms with Gasteiger partial charge in [0.05, 0.1) is 11.8 Å². The Morgan fingerprint density at radius 3 is 2.59 bits per heavy atom. The molecule has 2 rings (SSSR count). The first-order chi connectivity index (χ1) is 10.4. The van der Waals surface area contributed by atoms with Crippen LogP contribution in [-0.2, 0) is 14.8 Å². The summed E-state index contributed by atoms with van der Waals surface area (Å²) in [4.78, 5) is 14.1. The summed E-state index contributed by atoms with van der Waals surface area (Å²) in [5, 5.41) is 4.94. The number of carbonyl (C=O) groups excluding carboxylic acids is 1. The number of primary sulfonamides is 1. The van der Waals surface area contributed by atoms with Crippen LogP contribution in [0.5, 0.6) is 0 Å². The van der Waals surface area contributed by atoms with Gasteiger partial charge in [-0.2, -0.15) is 0 Å². The molecule has 0 radical (unpaired) electrons. The van der Waals surface area contributed by atoms with Crippen molar-refractivity contribution in [2.45, 2.75) is 38.1 Å². The van der Waals surface area contributed by atoms with Crippen molar-refractivity contribution in [3.8, 4) is 0 Å². The van der Waals surface area contributed by atoms with Gasteiger partial charge < -0.3 is 4.90 Å². The number of halogens is 1. The molecule has 1 aromatic carbocycles. The molecule has 1 fully saturated rings. The minimum atomic E-state index is -3.53. The second-order valence-electron chi connectivity index (χ2n) is 5.62. The molecule has 1 saturated heterocycles. The number of amides is 1. The predicted octanol–water partition coefficient (Wildman–Crippen LogP) is 1.95. The molecule has 0 saturated carbocycles. The zero-order valence-corrected chi connectivity index (χ0v) is 13.2. The fourth-order valence-corrected chi connectivity index (χ4v) is 3.38. The van der Waals surface area contributed by atoms with Gasteiger partial charge in [0.15, 0.2) is 0 Å². The van der Waals surface area contributed by atoms with Gasteiger partial charge in [-0.25, -0.2) is 17.9 Å². The maximum Gasteiger partial charge on any atom is 0.223 e. The van der Waals surface area contributed by atoms with Crippen molar-refractivity contribution in [1.82, 2.24) is 4.90 Å². The SMILES string of the molecule is NS(=O)(=O)CCCC(=O)N1CCCC[C@@H]1c1ccc(F)cc1. The van der Waals surface area contributed by atoms with E-state index < -0.39 is 10.0 Å². The van der Waals surface area contributed by atoms with E-state index in [9.17, 15) is 17.6 Å². The molecule has 1 atom stereocenters. The number of sulfonamides is 1. The van der Waals surface area contributed by atoms with E-state index in [2.05, 4.69) is 0 Å². The molecule has 0 spiro atoms. The van der Waals surface area contributed by atoms with E-state index in [1.807, 2.05) is 0 Å². The summed E-state index contributed by atoms with van der Waals surface area (Å²) in [5.41, 5.74) is 0.917. The largest absolute Gasteiger partial charge is 0.336 e. The number of carbonyl (C=O) groups is 1. The first-order valence-electron chi connectivity index (χ1n) is 7.42. The molecule has 0 unspecified atom stereocenters. The number of piperidine rings is 1. The molecule has 5 nitrogen and oxygen atoms in total. The molecule has 0 aromatic heterocycles. The van der Waals surface area contributed by atoms with Gasteiger partial charge in [-0.3, -0.25) is 4.79 Å². The molecule has 7 heteroatoms. The van der Waals surface area contributed by atoms with Gasteiger partial charge in [0.2, 0.25) is 15.9 Å². The Morgan fingerprint density at radius 2 is 1.95 bits per heavy atom. The second-order valence-corrected chi connectivity index (χ2v) is 7.35. The summed E-state index contributed by atoms with van der Waals surface area (Å²) < 4.78 is 34.9. The van der Waals surface area contributed by atoms with Crippen LogP contribution in [0.3, 0.4) is 0 Å². The van der Waals surface area contributed by atoms with Crippen LogP contribution < -0.4 is 5.14 Å². The highest BCUT2D eigenvalue weighted by atomic mass is 32.2. The average molecular weight is 328 g/mol. The van der Waals surface area contributed by atoms with E-state index >= 15 is 0 Å². The van der Waals surface area contributed by atoms with Gasteiger partial charge in [0.25, 0.3) is 0 Å². The highest BCUT2D eigenvalue weighted by Crippen LogP contribution is 2.31. The summed E-state index contributed by atoms with van der Waals surface area (Å²) in [6, 6.07) is 6.14. The highest BCUT2D eigenvalue weighted by molar-refractivity contribution is 7.89. The second kappa shape index (κ2) is 7.19. The van der Waals surface area contributed by atoms with Gasteiger partial charge >= 0.3 is 0 Å². The van der Waals surface area contributed by atoms with Crippen LogP contribution in [0, 0.1) is 5.82 Å². The molecule has 2 N–H and O–H groups in total. The Bertz CT molecular complexity index is 616. The number of hydrogen-bond donors (Lipinski definition) is 1. The monoisotopic (exact) mass is 328 g/mol. The van der Waals surface area contributed by atoms with Gasteiger partial charge in [-0.15, -0.1) is 0 Å². The Balaban J connectivity index is 2.02. The van der Waals surface area contributed by atoms with E-state index in [0.29, 0.717) is 6.54 Å². The molecule has 1 amide bonds. The number of hydrogen-bond acceptors (Lipinski definition) is 3. The predicted molar refractivity (Wildman–Crippen MR) is 81.9 cm³/mol. The Morgan fingerprint density at radius 1 is 1.27 bits per heavy atom. The summed E-state index contributed by atoms with van der Waals surface area (Å²) in [5.74, 6) is -0.559. The van der Waals surface area contributed by atoms with Crippen LogP contribution in [0.2, 0.25) is 0 Å². The highest BCUT2D eigenvalue weighted by Gasteiger charge is 2.27. The molecular weight excluding hydrogens is 307 g/mol. The molecule has 1 heterocycles. The van der Waals surface area contributed by atoms with E-state index in [4.69, 9.17) is 5.14 Å². The van der Waals surface area contributed by atoms with Crippen molar-refractivity contribution in [2.75, 3.05) is 12.3 Å². The maximum atomic E-state index is 13.0. The topological polar surface area (TPSA) is 80.5 Å². The van der Waals surface area contributed by atoms with Gasteiger partial charge in [0.1, 0.15) is 5.82 Å². The fraction of sp³-hybridized carbons (Fsp3) is 0.533. The lowest BCUT2D eigenvalue weighted by Crippen LogP contribution is -2.38. The van der Waals surface area contributed by atoms with Crippen LogP contribution in [0.25, 0.3) is 0 Å². The standard InChI is InChI=1S/C15H21FN2O3S/c16-13-8-6-12(7-9-13)14-4-1-2-10-18(14)15(19)5-3-11-22(17,20)21/h6-9,14H,1-5,10-11H2,(H2,17,20,21)/t14-/m1/s1. The van der Waals surface area contributed by atoms with E-state index in [0.717, 1.165) is 24.8 Å². The third kappa shape index (κ3) is 4.78. The van der Waals surface area contributed by atoms with Crippen molar-refractivity contribution in [3.05, 3.63) is 35.6 Å². The molecule has 0 bridgehead atoms. The molecule has 1 aliphatic rings. The van der Waals surface area contributed by atoms with Crippen LogP contribution >= 0.6 is 0 Å². The van der Waals surface area contributed by atoms with Crippen LogP contribution in [-0.4, -0.2) is 31.5 Å². The van der Waals surface area contributed by atoms with Crippen molar-refractivity contribution in [2.24, 2.45) is 5.14 Å². The first kappa shape index (κ1) is 16.9. The maximum absolute atomic E-state index is 13.0. The smallest absolute Gasteiger partial charge is 0.223 e. The molecular formula is C15H21FN2O3S. The Hall–Kier alpha value is -1.47. The number of benzene rings is 1. The number of rotatable bonds is 5. The van der Waals surface area contributed by atoms with Crippen LogP contribution in [0.1, 0.15) is 43.7 Å².